The van der Waals surface area contributed by atoms with Crippen LogP contribution in [0.1, 0.15) is 65.2 Å². The van der Waals surface area contributed by atoms with Gasteiger partial charge in [0.1, 0.15) is 11.5 Å². The third-order valence-electron chi connectivity index (χ3n) is 4.96. The predicted octanol–water partition coefficient (Wildman–Crippen LogP) is 5.07. The van der Waals surface area contributed by atoms with Crippen LogP contribution < -0.4 is 9.47 Å². The van der Waals surface area contributed by atoms with Crippen molar-refractivity contribution in [1.29, 1.82) is 0 Å². The summed E-state index contributed by atoms with van der Waals surface area (Å²) in [6, 6.07) is 7.80. The Labute approximate surface area is 165 Å². The molecule has 0 saturated heterocycles. The fourth-order valence-electron chi connectivity index (χ4n) is 3.18. The van der Waals surface area contributed by atoms with E-state index < -0.39 is 12.8 Å². The smallest absolute Gasteiger partial charge is 0.265 e. The molecule has 0 radical (unpaired) electrons. The summed E-state index contributed by atoms with van der Waals surface area (Å²) in [6.07, 6.45) is 8.88. The molecule has 1 aromatic carbocycles. The molecule has 2 unspecified atom stereocenters. The van der Waals surface area contributed by atoms with Crippen molar-refractivity contribution in [2.45, 2.75) is 78.0 Å². The highest BCUT2D eigenvalue weighted by Crippen LogP contribution is 2.26. The molecular weight excluding hydrogens is 340 g/mol. The molecule has 0 spiro atoms. The van der Waals surface area contributed by atoms with Gasteiger partial charge in [-0.05, 0) is 39.1 Å². The zero-order valence-electron chi connectivity index (χ0n) is 17.7. The lowest BCUT2D eigenvalue weighted by Crippen LogP contribution is -2.49. The summed E-state index contributed by atoms with van der Waals surface area (Å²) in [5.74, 6) is 1.56. The molecule has 1 aliphatic rings. The standard InChI is InChI=1S/C22H38N2O3/c1-5-7-9-11-16-23(3)21-25-19-14-13-15-20(18-19)26-22(27-21)24(4)17-12-10-8-6-2/h13-15,18,21-22H,5-12,16-17H2,1-4H3. The van der Waals surface area contributed by atoms with Crippen LogP contribution in [0.25, 0.3) is 0 Å². The first-order valence-electron chi connectivity index (χ1n) is 10.6. The number of hydrogen-bond donors (Lipinski definition) is 0. The Bertz CT molecular complexity index is 485. The lowest BCUT2D eigenvalue weighted by atomic mass is 10.2. The van der Waals surface area contributed by atoms with Crippen molar-refractivity contribution in [3.63, 3.8) is 0 Å². The molecule has 27 heavy (non-hydrogen) atoms. The van der Waals surface area contributed by atoms with Crippen LogP contribution in [-0.2, 0) is 4.74 Å². The molecule has 1 aromatic rings. The van der Waals surface area contributed by atoms with Gasteiger partial charge in [-0.2, -0.15) is 0 Å². The van der Waals surface area contributed by atoms with E-state index in [-0.39, 0.29) is 0 Å². The Morgan fingerprint density at radius 3 is 1.67 bits per heavy atom. The second-order valence-corrected chi connectivity index (χ2v) is 7.54. The van der Waals surface area contributed by atoms with Crippen molar-refractivity contribution in [3.8, 4) is 11.5 Å². The molecule has 154 valence electrons. The number of rotatable bonds is 12. The maximum absolute atomic E-state index is 6.26. The molecule has 1 aliphatic heterocycles. The summed E-state index contributed by atoms with van der Waals surface area (Å²) in [5.41, 5.74) is 0. The highest BCUT2D eigenvalue weighted by atomic mass is 16.8. The van der Waals surface area contributed by atoms with Crippen LogP contribution in [0, 0.1) is 0 Å². The van der Waals surface area contributed by atoms with Gasteiger partial charge in [-0.15, -0.1) is 0 Å². The third kappa shape index (κ3) is 7.68. The molecule has 1 heterocycles. The molecule has 0 N–H and O–H groups in total. The predicted molar refractivity (Wildman–Crippen MR) is 110 cm³/mol. The maximum atomic E-state index is 6.26. The van der Waals surface area contributed by atoms with E-state index in [1.54, 1.807) is 0 Å². The molecule has 0 aliphatic carbocycles. The van der Waals surface area contributed by atoms with E-state index in [4.69, 9.17) is 14.2 Å². The minimum atomic E-state index is -0.453. The average Bonchev–Trinajstić information content (AvgIpc) is 2.66. The van der Waals surface area contributed by atoms with E-state index in [1.807, 2.05) is 24.3 Å². The first-order chi connectivity index (χ1) is 13.1. The summed E-state index contributed by atoms with van der Waals surface area (Å²) in [4.78, 5) is 4.27. The van der Waals surface area contributed by atoms with Gasteiger partial charge in [0.15, 0.2) is 0 Å². The SMILES string of the molecule is CCCCCCN(C)C1Oc2cccc(c2)OC(N(C)CCCCCC)O1. The van der Waals surface area contributed by atoms with Crippen molar-refractivity contribution < 1.29 is 14.2 Å². The fourth-order valence-corrected chi connectivity index (χ4v) is 3.18. The van der Waals surface area contributed by atoms with Crippen LogP contribution >= 0.6 is 0 Å². The van der Waals surface area contributed by atoms with Crippen LogP contribution in [-0.4, -0.2) is 49.8 Å². The number of ether oxygens (including phenoxy) is 3. The fraction of sp³-hybridized carbons (Fsp3) is 0.727. The van der Waals surface area contributed by atoms with Crippen LogP contribution in [0.15, 0.2) is 24.3 Å². The van der Waals surface area contributed by atoms with Crippen molar-refractivity contribution in [2.24, 2.45) is 0 Å². The molecule has 2 bridgehead atoms. The lowest BCUT2D eigenvalue weighted by molar-refractivity contribution is -0.282. The van der Waals surface area contributed by atoms with Crippen LogP contribution in [0.3, 0.4) is 0 Å². The highest BCUT2D eigenvalue weighted by molar-refractivity contribution is 5.33. The van der Waals surface area contributed by atoms with Gasteiger partial charge in [0.2, 0.25) is 0 Å². The van der Waals surface area contributed by atoms with Crippen LogP contribution in [0.2, 0.25) is 0 Å². The number of fused-ring (bicyclic) bond motifs is 2. The number of hydrogen-bond acceptors (Lipinski definition) is 5. The Hall–Kier alpha value is -1.30. The molecule has 5 nitrogen and oxygen atoms in total. The van der Waals surface area contributed by atoms with E-state index in [0.717, 1.165) is 37.4 Å². The van der Waals surface area contributed by atoms with Gasteiger partial charge in [-0.1, -0.05) is 58.4 Å². The summed E-state index contributed by atoms with van der Waals surface area (Å²) in [6.45, 7) is 6.35. The molecule has 0 fully saturated rings. The lowest BCUT2D eigenvalue weighted by Gasteiger charge is -2.36. The molecule has 2 atom stereocenters. The van der Waals surface area contributed by atoms with Gasteiger partial charge in [0, 0.05) is 19.2 Å². The Kier molecular flexibility index (Phi) is 9.95. The van der Waals surface area contributed by atoms with E-state index >= 15 is 0 Å². The first-order valence-corrected chi connectivity index (χ1v) is 10.6. The Balaban J connectivity index is 1.99. The van der Waals surface area contributed by atoms with Gasteiger partial charge >= 0.3 is 0 Å². The van der Waals surface area contributed by atoms with Gasteiger partial charge in [-0.3, -0.25) is 4.74 Å². The summed E-state index contributed by atoms with van der Waals surface area (Å²) < 4.78 is 18.5. The van der Waals surface area contributed by atoms with Crippen molar-refractivity contribution in [3.05, 3.63) is 24.3 Å². The number of nitrogens with zero attached hydrogens (tertiary/aromatic N) is 2. The van der Waals surface area contributed by atoms with Gasteiger partial charge in [0.25, 0.3) is 12.8 Å². The van der Waals surface area contributed by atoms with E-state index in [1.165, 1.54) is 38.5 Å². The van der Waals surface area contributed by atoms with E-state index in [9.17, 15) is 0 Å². The maximum Gasteiger partial charge on any atom is 0.265 e. The third-order valence-corrected chi connectivity index (χ3v) is 4.96. The summed E-state index contributed by atoms with van der Waals surface area (Å²) in [7, 11) is 4.11. The largest absolute Gasteiger partial charge is 0.451 e. The van der Waals surface area contributed by atoms with Crippen LogP contribution in [0.5, 0.6) is 11.5 Å². The quantitative estimate of drug-likeness (QED) is 0.475. The zero-order chi connectivity index (χ0) is 19.5. The molecule has 2 rings (SSSR count). The second-order valence-electron chi connectivity index (χ2n) is 7.54. The second kappa shape index (κ2) is 12.2. The van der Waals surface area contributed by atoms with Gasteiger partial charge in [0.05, 0.1) is 0 Å². The normalized spacial score (nSPS) is 19.5. The zero-order valence-corrected chi connectivity index (χ0v) is 17.7. The topological polar surface area (TPSA) is 34.2 Å². The first kappa shape index (κ1) is 22.0. The summed E-state index contributed by atoms with van der Waals surface area (Å²) in [5, 5.41) is 0. The molecule has 0 amide bonds. The average molecular weight is 379 g/mol. The molecular formula is C22H38N2O3. The van der Waals surface area contributed by atoms with Crippen molar-refractivity contribution >= 4 is 0 Å². The van der Waals surface area contributed by atoms with E-state index in [2.05, 4.69) is 37.7 Å². The molecule has 5 heteroatoms. The number of benzene rings is 1. The van der Waals surface area contributed by atoms with Gasteiger partial charge < -0.3 is 9.47 Å². The summed E-state index contributed by atoms with van der Waals surface area (Å²) >= 11 is 0. The molecule has 0 saturated carbocycles. The Morgan fingerprint density at radius 2 is 1.22 bits per heavy atom. The van der Waals surface area contributed by atoms with Crippen LogP contribution in [0.4, 0.5) is 0 Å². The van der Waals surface area contributed by atoms with Gasteiger partial charge in [-0.25, -0.2) is 9.80 Å². The monoisotopic (exact) mass is 378 g/mol. The van der Waals surface area contributed by atoms with E-state index in [0.29, 0.717) is 0 Å². The highest BCUT2D eigenvalue weighted by Gasteiger charge is 2.28. The molecule has 0 aromatic heterocycles. The van der Waals surface area contributed by atoms with Crippen molar-refractivity contribution in [1.82, 2.24) is 9.80 Å². The minimum absolute atomic E-state index is 0.453. The van der Waals surface area contributed by atoms with Crippen molar-refractivity contribution in [2.75, 3.05) is 27.2 Å². The Morgan fingerprint density at radius 1 is 0.741 bits per heavy atom. The number of unbranched alkanes of at least 4 members (excludes halogenated alkanes) is 6. The minimum Gasteiger partial charge on any atom is -0.451 e.